The Bertz CT molecular complexity index is 723. The van der Waals surface area contributed by atoms with Gasteiger partial charge in [0.2, 0.25) is 5.91 Å². The number of nitrogens with zero attached hydrogens (tertiary/aromatic N) is 5. The van der Waals surface area contributed by atoms with Crippen molar-refractivity contribution in [3.8, 4) is 0 Å². The summed E-state index contributed by atoms with van der Waals surface area (Å²) in [5, 5.41) is 11.0. The molecule has 0 aromatic carbocycles. The van der Waals surface area contributed by atoms with Crippen LogP contribution in [0.25, 0.3) is 0 Å². The van der Waals surface area contributed by atoms with Crippen molar-refractivity contribution in [3.05, 3.63) is 23.5 Å². The number of rotatable bonds is 6. The maximum absolute atomic E-state index is 12.1. The largest absolute Gasteiger partial charge is 0.360 e. The predicted octanol–water partition coefficient (Wildman–Crippen LogP) is 2.07. The van der Waals surface area contributed by atoms with Crippen LogP contribution in [0, 0.1) is 20.8 Å². The number of carbonyl (C=O) groups excluding carboxylic acids is 1. The molecule has 1 aliphatic rings. The molecule has 0 radical (unpaired) electrons. The molecule has 2 aromatic rings. The van der Waals surface area contributed by atoms with E-state index < -0.39 is 0 Å². The highest BCUT2D eigenvalue weighted by atomic mass is 16.5. The summed E-state index contributed by atoms with van der Waals surface area (Å²) in [6.45, 7) is 8.29. The Labute approximate surface area is 147 Å². The van der Waals surface area contributed by atoms with E-state index in [-0.39, 0.29) is 5.91 Å². The topological polar surface area (TPSA) is 89.1 Å². The van der Waals surface area contributed by atoms with Gasteiger partial charge < -0.3 is 9.84 Å². The van der Waals surface area contributed by atoms with Gasteiger partial charge >= 0.3 is 0 Å². The van der Waals surface area contributed by atoms with Gasteiger partial charge in [0.1, 0.15) is 17.4 Å². The minimum atomic E-state index is -0.0367. The van der Waals surface area contributed by atoms with E-state index in [2.05, 4.69) is 25.5 Å². The number of piperidine rings is 1. The summed E-state index contributed by atoms with van der Waals surface area (Å²) in [5.41, 5.74) is 0. The van der Waals surface area contributed by atoms with Crippen LogP contribution in [0.5, 0.6) is 0 Å². The van der Waals surface area contributed by atoms with Crippen LogP contribution in [0.1, 0.15) is 43.1 Å². The lowest BCUT2D eigenvalue weighted by atomic mass is 10.0. The number of anilines is 1. The Morgan fingerprint density at radius 3 is 2.88 bits per heavy atom. The molecule has 8 heteroatoms. The van der Waals surface area contributed by atoms with Gasteiger partial charge in [-0.25, -0.2) is 9.67 Å². The molecule has 1 amide bonds. The molecule has 8 nitrogen and oxygen atoms in total. The summed E-state index contributed by atoms with van der Waals surface area (Å²) < 4.78 is 6.95. The van der Waals surface area contributed by atoms with Gasteiger partial charge in [-0.15, -0.1) is 0 Å². The molecule has 1 aliphatic heterocycles. The van der Waals surface area contributed by atoms with Crippen LogP contribution >= 0.6 is 0 Å². The fraction of sp³-hybridized carbons (Fsp3) is 0.647. The smallest absolute Gasteiger partial charge is 0.226 e. The first kappa shape index (κ1) is 17.6. The molecule has 1 N–H and O–H groups in total. The quantitative estimate of drug-likeness (QED) is 0.861. The van der Waals surface area contributed by atoms with Crippen molar-refractivity contribution in [1.82, 2.24) is 24.8 Å². The number of carbonyl (C=O) groups is 1. The summed E-state index contributed by atoms with van der Waals surface area (Å²) in [5.74, 6) is 2.88. The molecule has 25 heavy (non-hydrogen) atoms. The molecule has 3 heterocycles. The number of aromatic nitrogens is 4. The van der Waals surface area contributed by atoms with Crippen LogP contribution in [-0.4, -0.2) is 49.9 Å². The normalized spacial score (nSPS) is 18.4. The third-order valence-corrected chi connectivity index (χ3v) is 4.62. The van der Waals surface area contributed by atoms with Crippen molar-refractivity contribution in [2.45, 2.75) is 59.0 Å². The molecular formula is C17H26N6O2. The Morgan fingerprint density at radius 2 is 2.20 bits per heavy atom. The molecule has 1 saturated heterocycles. The van der Waals surface area contributed by atoms with Crippen LogP contribution < -0.4 is 5.32 Å². The van der Waals surface area contributed by atoms with Crippen molar-refractivity contribution in [2.75, 3.05) is 18.4 Å². The highest BCUT2D eigenvalue weighted by molar-refractivity contribution is 5.89. The van der Waals surface area contributed by atoms with Crippen molar-refractivity contribution in [3.63, 3.8) is 0 Å². The molecule has 0 spiro atoms. The zero-order valence-corrected chi connectivity index (χ0v) is 15.2. The number of hydrogen-bond donors (Lipinski definition) is 1. The van der Waals surface area contributed by atoms with E-state index in [0.717, 1.165) is 37.7 Å². The standard InChI is InChI=1S/C17H26N6O2/c1-12-10-16(21-25-12)19-17(24)7-9-22-8-5-4-6-15(22)11-23-14(3)18-13(2)20-23/h10,15H,4-9,11H2,1-3H3,(H,19,21,24)/t15-/m0/s1. The van der Waals surface area contributed by atoms with Gasteiger partial charge in [0.15, 0.2) is 5.82 Å². The van der Waals surface area contributed by atoms with Crippen molar-refractivity contribution >= 4 is 11.7 Å². The van der Waals surface area contributed by atoms with Crippen molar-refractivity contribution in [2.24, 2.45) is 0 Å². The first-order valence-corrected chi connectivity index (χ1v) is 8.86. The Morgan fingerprint density at radius 1 is 1.36 bits per heavy atom. The van der Waals surface area contributed by atoms with Gasteiger partial charge in [0.25, 0.3) is 0 Å². The highest BCUT2D eigenvalue weighted by Crippen LogP contribution is 2.19. The van der Waals surface area contributed by atoms with Crippen LogP contribution in [0.3, 0.4) is 0 Å². The monoisotopic (exact) mass is 346 g/mol. The van der Waals surface area contributed by atoms with E-state index in [4.69, 9.17) is 4.52 Å². The SMILES string of the molecule is Cc1nc(C)n(C[C@@H]2CCCCN2CCC(=O)Nc2cc(C)on2)n1. The fourth-order valence-electron chi connectivity index (χ4n) is 3.37. The van der Waals surface area contributed by atoms with Crippen LogP contribution in [0.2, 0.25) is 0 Å². The van der Waals surface area contributed by atoms with Gasteiger partial charge in [-0.05, 0) is 40.2 Å². The van der Waals surface area contributed by atoms with Gasteiger partial charge in [-0.1, -0.05) is 11.6 Å². The van der Waals surface area contributed by atoms with E-state index in [1.54, 1.807) is 13.0 Å². The fourth-order valence-corrected chi connectivity index (χ4v) is 3.37. The molecule has 0 unspecified atom stereocenters. The minimum Gasteiger partial charge on any atom is -0.360 e. The lowest BCUT2D eigenvalue weighted by molar-refractivity contribution is -0.116. The second kappa shape index (κ2) is 7.77. The number of hydrogen-bond acceptors (Lipinski definition) is 6. The molecule has 1 atom stereocenters. The maximum atomic E-state index is 12.1. The van der Waals surface area contributed by atoms with Crippen molar-refractivity contribution in [1.29, 1.82) is 0 Å². The predicted molar refractivity (Wildman–Crippen MR) is 93.2 cm³/mol. The van der Waals surface area contributed by atoms with Gasteiger partial charge in [-0.3, -0.25) is 9.69 Å². The highest BCUT2D eigenvalue weighted by Gasteiger charge is 2.24. The van der Waals surface area contributed by atoms with Gasteiger partial charge in [-0.2, -0.15) is 5.10 Å². The number of likely N-dealkylation sites (tertiary alicyclic amines) is 1. The minimum absolute atomic E-state index is 0.0367. The summed E-state index contributed by atoms with van der Waals surface area (Å²) >= 11 is 0. The molecule has 0 aliphatic carbocycles. The third kappa shape index (κ3) is 4.66. The Balaban J connectivity index is 1.54. The van der Waals surface area contributed by atoms with E-state index in [0.29, 0.717) is 24.0 Å². The van der Waals surface area contributed by atoms with Crippen molar-refractivity contribution < 1.29 is 9.32 Å². The Kier molecular flexibility index (Phi) is 5.47. The average molecular weight is 346 g/mol. The Hall–Kier alpha value is -2.22. The maximum Gasteiger partial charge on any atom is 0.226 e. The summed E-state index contributed by atoms with van der Waals surface area (Å²) in [7, 11) is 0. The molecular weight excluding hydrogens is 320 g/mol. The summed E-state index contributed by atoms with van der Waals surface area (Å²) in [6.07, 6.45) is 3.97. The second-order valence-corrected chi connectivity index (χ2v) is 6.69. The summed E-state index contributed by atoms with van der Waals surface area (Å²) in [4.78, 5) is 18.9. The summed E-state index contributed by atoms with van der Waals surface area (Å²) in [6, 6.07) is 2.12. The second-order valence-electron chi connectivity index (χ2n) is 6.69. The number of amides is 1. The zero-order valence-electron chi connectivity index (χ0n) is 15.2. The lowest BCUT2D eigenvalue weighted by Gasteiger charge is -2.35. The number of aryl methyl sites for hydroxylation is 3. The van der Waals surface area contributed by atoms with E-state index in [1.165, 1.54) is 12.8 Å². The molecule has 0 saturated carbocycles. The lowest BCUT2D eigenvalue weighted by Crippen LogP contribution is -2.43. The number of nitrogens with one attached hydrogen (secondary N) is 1. The van der Waals surface area contributed by atoms with Gasteiger partial charge in [0, 0.05) is 25.1 Å². The molecule has 136 valence electrons. The van der Waals surface area contributed by atoms with E-state index in [1.807, 2.05) is 18.5 Å². The van der Waals surface area contributed by atoms with Crippen LogP contribution in [0.4, 0.5) is 5.82 Å². The third-order valence-electron chi connectivity index (χ3n) is 4.62. The molecule has 1 fully saturated rings. The zero-order chi connectivity index (χ0) is 17.8. The molecule has 2 aromatic heterocycles. The molecule has 0 bridgehead atoms. The first-order chi connectivity index (χ1) is 12.0. The first-order valence-electron chi connectivity index (χ1n) is 8.86. The van der Waals surface area contributed by atoms with Gasteiger partial charge in [0.05, 0.1) is 6.54 Å². The van der Waals surface area contributed by atoms with E-state index in [9.17, 15) is 4.79 Å². The molecule has 3 rings (SSSR count). The van der Waals surface area contributed by atoms with Crippen LogP contribution in [-0.2, 0) is 11.3 Å². The average Bonchev–Trinajstić information content (AvgIpc) is 3.11. The van der Waals surface area contributed by atoms with Crippen LogP contribution in [0.15, 0.2) is 10.6 Å². The van der Waals surface area contributed by atoms with E-state index >= 15 is 0 Å².